The Labute approximate surface area is 116 Å². The fourth-order valence-electron chi connectivity index (χ4n) is 3.81. The molecule has 19 heavy (non-hydrogen) atoms. The number of rotatable bonds is 2. The van der Waals surface area contributed by atoms with Gasteiger partial charge in [-0.25, -0.2) is 0 Å². The number of aliphatic hydroxyl groups excluding tert-OH is 1. The van der Waals surface area contributed by atoms with E-state index < -0.39 is 0 Å². The van der Waals surface area contributed by atoms with Gasteiger partial charge in [-0.2, -0.15) is 0 Å². The van der Waals surface area contributed by atoms with Crippen LogP contribution in [-0.4, -0.2) is 41.1 Å². The van der Waals surface area contributed by atoms with Crippen LogP contribution in [0.5, 0.6) is 0 Å². The summed E-state index contributed by atoms with van der Waals surface area (Å²) in [5.41, 5.74) is 6.10. The molecule has 0 aromatic heterocycles. The summed E-state index contributed by atoms with van der Waals surface area (Å²) in [7, 11) is 0. The van der Waals surface area contributed by atoms with E-state index in [9.17, 15) is 9.90 Å². The fourth-order valence-corrected chi connectivity index (χ4v) is 3.81. The number of aliphatic hydroxyl groups is 1. The van der Waals surface area contributed by atoms with Crippen molar-refractivity contribution in [2.24, 2.45) is 23.0 Å². The molecular weight excluding hydrogens is 240 g/mol. The van der Waals surface area contributed by atoms with Crippen molar-refractivity contribution in [3.63, 3.8) is 0 Å². The van der Waals surface area contributed by atoms with E-state index in [1.54, 1.807) is 0 Å². The minimum atomic E-state index is -0.0582. The van der Waals surface area contributed by atoms with Crippen molar-refractivity contribution in [1.29, 1.82) is 0 Å². The number of hydrogen-bond donors (Lipinski definition) is 2. The van der Waals surface area contributed by atoms with E-state index in [0.717, 1.165) is 32.2 Å². The van der Waals surface area contributed by atoms with Gasteiger partial charge in [-0.3, -0.25) is 4.79 Å². The summed E-state index contributed by atoms with van der Waals surface area (Å²) in [6.07, 6.45) is 3.76. The van der Waals surface area contributed by atoms with E-state index >= 15 is 0 Å². The van der Waals surface area contributed by atoms with Gasteiger partial charge in [0.1, 0.15) is 0 Å². The molecule has 0 spiro atoms. The van der Waals surface area contributed by atoms with Crippen LogP contribution < -0.4 is 5.73 Å². The minimum Gasteiger partial charge on any atom is -0.394 e. The van der Waals surface area contributed by atoms with E-state index in [1.165, 1.54) is 0 Å². The van der Waals surface area contributed by atoms with Crippen LogP contribution in [0, 0.1) is 17.3 Å². The highest BCUT2D eigenvalue weighted by atomic mass is 16.3. The van der Waals surface area contributed by atoms with Crippen LogP contribution in [0.1, 0.15) is 46.5 Å². The molecule has 0 bridgehead atoms. The molecule has 1 aliphatic heterocycles. The molecule has 3 N–H and O–H groups in total. The first-order chi connectivity index (χ1) is 8.89. The zero-order chi connectivity index (χ0) is 14.2. The average Bonchev–Trinajstić information content (AvgIpc) is 2.83. The van der Waals surface area contributed by atoms with E-state index in [0.29, 0.717) is 5.92 Å². The highest BCUT2D eigenvalue weighted by Gasteiger charge is 2.47. The Kier molecular flexibility index (Phi) is 4.21. The first-order valence-corrected chi connectivity index (χ1v) is 7.56. The second-order valence-electron chi connectivity index (χ2n) is 6.91. The maximum Gasteiger partial charge on any atom is 0.226 e. The zero-order valence-electron chi connectivity index (χ0n) is 12.4. The standard InChI is InChI=1S/C15H28N2O2/c1-10-13(16)7-6-12(15(10,2)3)14(19)17-8-4-5-11(17)9-18/h10-13,18H,4-9,16H2,1-3H3. The minimum absolute atomic E-state index is 0.0363. The van der Waals surface area contributed by atoms with Crippen LogP contribution in [0.25, 0.3) is 0 Å². The van der Waals surface area contributed by atoms with Crippen LogP contribution in [0.4, 0.5) is 0 Å². The number of carbonyl (C=O) groups excluding carboxylic acids is 1. The Morgan fingerprint density at radius 3 is 2.68 bits per heavy atom. The summed E-state index contributed by atoms with van der Waals surface area (Å²) in [5.74, 6) is 0.639. The quantitative estimate of drug-likeness (QED) is 0.795. The summed E-state index contributed by atoms with van der Waals surface area (Å²) >= 11 is 0. The molecule has 1 saturated carbocycles. The summed E-state index contributed by atoms with van der Waals surface area (Å²) in [4.78, 5) is 14.7. The van der Waals surface area contributed by atoms with Gasteiger partial charge in [0.15, 0.2) is 0 Å². The topological polar surface area (TPSA) is 66.6 Å². The predicted molar refractivity (Wildman–Crippen MR) is 75.5 cm³/mol. The van der Waals surface area contributed by atoms with Crippen LogP contribution in [0.15, 0.2) is 0 Å². The average molecular weight is 268 g/mol. The number of nitrogens with two attached hydrogens (primary N) is 1. The van der Waals surface area contributed by atoms with Gasteiger partial charge in [0, 0.05) is 18.5 Å². The van der Waals surface area contributed by atoms with Crippen molar-refractivity contribution in [2.45, 2.75) is 58.5 Å². The Hall–Kier alpha value is -0.610. The lowest BCUT2D eigenvalue weighted by atomic mass is 9.60. The molecule has 0 radical (unpaired) electrons. The van der Waals surface area contributed by atoms with E-state index in [-0.39, 0.29) is 35.9 Å². The third-order valence-corrected chi connectivity index (χ3v) is 5.67. The van der Waals surface area contributed by atoms with Crippen molar-refractivity contribution >= 4 is 5.91 Å². The fraction of sp³-hybridized carbons (Fsp3) is 0.933. The Balaban J connectivity index is 2.14. The number of hydrogen-bond acceptors (Lipinski definition) is 3. The molecule has 1 saturated heterocycles. The van der Waals surface area contributed by atoms with Gasteiger partial charge < -0.3 is 15.7 Å². The highest BCUT2D eigenvalue weighted by molar-refractivity contribution is 5.80. The normalized spacial score (nSPS) is 38.5. The summed E-state index contributed by atoms with van der Waals surface area (Å²) in [6.45, 7) is 7.40. The predicted octanol–water partition coefficient (Wildman–Crippen LogP) is 1.37. The number of amides is 1. The van der Waals surface area contributed by atoms with Gasteiger partial charge in [0.2, 0.25) is 5.91 Å². The highest BCUT2D eigenvalue weighted by Crippen LogP contribution is 2.45. The van der Waals surface area contributed by atoms with Crippen molar-refractivity contribution in [1.82, 2.24) is 4.90 Å². The molecule has 2 rings (SSSR count). The molecule has 4 nitrogen and oxygen atoms in total. The van der Waals surface area contributed by atoms with Crippen molar-refractivity contribution in [2.75, 3.05) is 13.2 Å². The third kappa shape index (κ3) is 2.52. The summed E-state index contributed by atoms with van der Waals surface area (Å²) < 4.78 is 0. The lowest BCUT2D eigenvalue weighted by Gasteiger charge is -2.47. The first-order valence-electron chi connectivity index (χ1n) is 7.56. The van der Waals surface area contributed by atoms with Crippen LogP contribution >= 0.6 is 0 Å². The van der Waals surface area contributed by atoms with Crippen LogP contribution in [0.3, 0.4) is 0 Å². The van der Waals surface area contributed by atoms with E-state index in [2.05, 4.69) is 20.8 Å². The van der Waals surface area contributed by atoms with E-state index in [4.69, 9.17) is 5.73 Å². The van der Waals surface area contributed by atoms with Gasteiger partial charge >= 0.3 is 0 Å². The maximum atomic E-state index is 12.8. The molecule has 110 valence electrons. The lowest BCUT2D eigenvalue weighted by Crippen LogP contribution is -2.53. The molecule has 1 aliphatic carbocycles. The maximum absolute atomic E-state index is 12.8. The monoisotopic (exact) mass is 268 g/mol. The molecule has 4 heteroatoms. The zero-order valence-corrected chi connectivity index (χ0v) is 12.4. The molecule has 0 aromatic rings. The summed E-state index contributed by atoms with van der Waals surface area (Å²) in [6, 6.07) is 0.237. The smallest absolute Gasteiger partial charge is 0.226 e. The van der Waals surface area contributed by atoms with Crippen LogP contribution in [0.2, 0.25) is 0 Å². The lowest BCUT2D eigenvalue weighted by molar-refractivity contribution is -0.145. The first kappa shape index (κ1) is 14.8. The van der Waals surface area contributed by atoms with E-state index in [1.807, 2.05) is 4.90 Å². The van der Waals surface area contributed by atoms with Gasteiger partial charge in [0.25, 0.3) is 0 Å². The molecule has 1 heterocycles. The van der Waals surface area contributed by atoms with Crippen LogP contribution in [-0.2, 0) is 4.79 Å². The molecule has 1 amide bonds. The van der Waals surface area contributed by atoms with Crippen molar-refractivity contribution in [3.8, 4) is 0 Å². The summed E-state index contributed by atoms with van der Waals surface area (Å²) in [5, 5.41) is 9.39. The SMILES string of the molecule is CC1C(N)CCC(C(=O)N2CCCC2CO)C1(C)C. The Morgan fingerprint density at radius 2 is 2.05 bits per heavy atom. The van der Waals surface area contributed by atoms with Gasteiger partial charge in [-0.05, 0) is 37.0 Å². The number of likely N-dealkylation sites (tertiary alicyclic amines) is 1. The molecule has 4 unspecified atom stereocenters. The van der Waals surface area contributed by atoms with Gasteiger partial charge in [0.05, 0.1) is 12.6 Å². The number of nitrogens with zero attached hydrogens (tertiary/aromatic N) is 1. The molecule has 2 fully saturated rings. The Bertz CT molecular complexity index is 343. The van der Waals surface area contributed by atoms with Crippen molar-refractivity contribution in [3.05, 3.63) is 0 Å². The molecule has 2 aliphatic rings. The second kappa shape index (κ2) is 5.41. The second-order valence-corrected chi connectivity index (χ2v) is 6.91. The Morgan fingerprint density at radius 1 is 1.37 bits per heavy atom. The molecule has 0 aromatic carbocycles. The van der Waals surface area contributed by atoms with Gasteiger partial charge in [-0.15, -0.1) is 0 Å². The number of carbonyl (C=O) groups is 1. The molecular formula is C15H28N2O2. The van der Waals surface area contributed by atoms with Crippen molar-refractivity contribution < 1.29 is 9.90 Å². The molecule has 4 atom stereocenters. The largest absolute Gasteiger partial charge is 0.394 e. The van der Waals surface area contributed by atoms with Gasteiger partial charge in [-0.1, -0.05) is 20.8 Å². The third-order valence-electron chi connectivity index (χ3n) is 5.67.